The number of rotatable bonds is 4. The Bertz CT molecular complexity index is 680. The number of nitrogens with two attached hydrogens (primary N) is 1. The van der Waals surface area contributed by atoms with E-state index in [0.29, 0.717) is 25.5 Å². The van der Waals surface area contributed by atoms with Crippen molar-refractivity contribution in [2.45, 2.75) is 51.4 Å². The highest BCUT2D eigenvalue weighted by Crippen LogP contribution is 2.60. The molecule has 7 nitrogen and oxygen atoms in total. The van der Waals surface area contributed by atoms with Crippen LogP contribution in [0.25, 0.3) is 0 Å². The summed E-state index contributed by atoms with van der Waals surface area (Å²) >= 11 is 0. The van der Waals surface area contributed by atoms with Gasteiger partial charge in [0.15, 0.2) is 0 Å². The summed E-state index contributed by atoms with van der Waals surface area (Å²) in [6.07, 6.45) is 9.04. The normalized spacial score (nSPS) is 38.7. The fourth-order valence-corrected chi connectivity index (χ4v) is 7.54. The maximum atomic E-state index is 13.5. The zero-order valence-electron chi connectivity index (χ0n) is 18.1. The van der Waals surface area contributed by atoms with Crippen LogP contribution in [0, 0.1) is 29.1 Å². The third-order valence-corrected chi connectivity index (χ3v) is 8.69. The Balaban J connectivity index is 1.13. The van der Waals surface area contributed by atoms with Gasteiger partial charge in [0.05, 0.1) is 17.9 Å². The minimum Gasteiger partial charge on any atom is -0.369 e. The van der Waals surface area contributed by atoms with Gasteiger partial charge < -0.3 is 15.5 Å². The molecule has 6 rings (SSSR count). The van der Waals surface area contributed by atoms with E-state index in [1.807, 2.05) is 0 Å². The van der Waals surface area contributed by atoms with E-state index in [4.69, 9.17) is 5.73 Å². The van der Waals surface area contributed by atoms with Crippen LogP contribution in [0.2, 0.25) is 0 Å². The third-order valence-electron chi connectivity index (χ3n) is 8.69. The molecule has 1 unspecified atom stereocenters. The number of piperazine rings is 1. The first-order valence-corrected chi connectivity index (χ1v) is 12.0. The molecule has 0 aromatic heterocycles. The van der Waals surface area contributed by atoms with E-state index in [1.54, 1.807) is 4.90 Å². The molecule has 3 amide bonds. The molecule has 2 heterocycles. The van der Waals surface area contributed by atoms with Gasteiger partial charge in [0.25, 0.3) is 0 Å². The maximum Gasteiger partial charge on any atom is 0.236 e. The molecular weight excluding hydrogens is 380 g/mol. The van der Waals surface area contributed by atoms with Crippen LogP contribution >= 0.6 is 0 Å². The van der Waals surface area contributed by atoms with Crippen molar-refractivity contribution in [3.63, 3.8) is 0 Å². The molecule has 6 fully saturated rings. The highest BCUT2D eigenvalue weighted by atomic mass is 16.2. The van der Waals surface area contributed by atoms with Crippen LogP contribution in [-0.2, 0) is 14.4 Å². The summed E-state index contributed by atoms with van der Waals surface area (Å²) in [6.45, 7) is 4.54. The number of primary amides is 1. The number of carbonyl (C=O) groups excluding carboxylic acids is 3. The van der Waals surface area contributed by atoms with E-state index >= 15 is 0 Å². The molecule has 30 heavy (non-hydrogen) atoms. The smallest absolute Gasteiger partial charge is 0.236 e. The number of hydrogen-bond acceptors (Lipinski definition) is 4. The molecule has 7 heteroatoms. The van der Waals surface area contributed by atoms with Gasteiger partial charge in [0.2, 0.25) is 17.7 Å². The number of piperidine rings is 1. The molecule has 2 aliphatic heterocycles. The number of amides is 3. The van der Waals surface area contributed by atoms with E-state index < -0.39 is 0 Å². The molecule has 0 spiro atoms. The van der Waals surface area contributed by atoms with Crippen LogP contribution < -0.4 is 5.73 Å². The van der Waals surface area contributed by atoms with Crippen LogP contribution in [0.5, 0.6) is 0 Å². The molecule has 2 saturated heterocycles. The lowest BCUT2D eigenvalue weighted by Gasteiger charge is -2.57. The van der Waals surface area contributed by atoms with E-state index in [-0.39, 0.29) is 23.1 Å². The Morgan fingerprint density at radius 1 is 0.833 bits per heavy atom. The van der Waals surface area contributed by atoms with Gasteiger partial charge in [-0.25, -0.2) is 0 Å². The molecule has 0 aromatic rings. The predicted molar refractivity (Wildman–Crippen MR) is 112 cm³/mol. The highest BCUT2D eigenvalue weighted by Gasteiger charge is 2.55. The number of carbonyl (C=O) groups is 3. The van der Waals surface area contributed by atoms with Gasteiger partial charge in [-0.1, -0.05) is 0 Å². The second kappa shape index (κ2) is 7.81. The molecule has 0 aromatic carbocycles. The monoisotopic (exact) mass is 416 g/mol. The Morgan fingerprint density at radius 3 is 2.00 bits per heavy atom. The summed E-state index contributed by atoms with van der Waals surface area (Å²) in [7, 11) is 0. The van der Waals surface area contributed by atoms with Crippen molar-refractivity contribution in [3.05, 3.63) is 0 Å². The SMILES string of the molecule is NC(=O)C1CCCN(C(=O)CN2CCN(C(=O)C34CC5CC(CC(C5)C3)C4)CC2)C1. The summed E-state index contributed by atoms with van der Waals surface area (Å²) in [5.74, 6) is 2.34. The van der Waals surface area contributed by atoms with Gasteiger partial charge in [0, 0.05) is 39.3 Å². The third kappa shape index (κ3) is 3.74. The minimum absolute atomic E-state index is 0.0652. The van der Waals surface area contributed by atoms with E-state index in [1.165, 1.54) is 19.3 Å². The largest absolute Gasteiger partial charge is 0.369 e. The molecule has 4 saturated carbocycles. The van der Waals surface area contributed by atoms with Crippen molar-refractivity contribution in [3.8, 4) is 0 Å². The average Bonchev–Trinajstić information content (AvgIpc) is 2.73. The Morgan fingerprint density at radius 2 is 1.43 bits per heavy atom. The number of likely N-dealkylation sites (tertiary alicyclic amines) is 1. The van der Waals surface area contributed by atoms with Crippen LogP contribution in [0.4, 0.5) is 0 Å². The van der Waals surface area contributed by atoms with Gasteiger partial charge in [-0.05, 0) is 69.1 Å². The van der Waals surface area contributed by atoms with Gasteiger partial charge in [-0.3, -0.25) is 19.3 Å². The summed E-state index contributed by atoms with van der Waals surface area (Å²) in [5, 5.41) is 0. The van der Waals surface area contributed by atoms with Crippen LogP contribution in [-0.4, -0.2) is 78.2 Å². The maximum absolute atomic E-state index is 13.5. The van der Waals surface area contributed by atoms with Gasteiger partial charge in [0.1, 0.15) is 0 Å². The van der Waals surface area contributed by atoms with Crippen molar-refractivity contribution >= 4 is 17.7 Å². The quantitative estimate of drug-likeness (QED) is 0.743. The van der Waals surface area contributed by atoms with Crippen LogP contribution in [0.15, 0.2) is 0 Å². The van der Waals surface area contributed by atoms with Crippen molar-refractivity contribution in [1.29, 1.82) is 0 Å². The number of nitrogens with zero attached hydrogens (tertiary/aromatic N) is 3. The standard InChI is InChI=1S/C23H36N4O3/c24-21(29)19-2-1-3-27(14-19)20(28)15-25-4-6-26(7-5-25)22(30)23-11-16-8-17(12-23)10-18(9-16)13-23/h16-19H,1-15H2,(H2,24,29). The fourth-order valence-electron chi connectivity index (χ4n) is 7.54. The molecule has 6 aliphatic rings. The molecule has 166 valence electrons. The van der Waals surface area contributed by atoms with Crippen LogP contribution in [0.3, 0.4) is 0 Å². The molecule has 4 aliphatic carbocycles. The molecule has 2 N–H and O–H groups in total. The topological polar surface area (TPSA) is 86.9 Å². The summed E-state index contributed by atoms with van der Waals surface area (Å²) in [5.41, 5.74) is 5.38. The first kappa shape index (κ1) is 20.3. The highest BCUT2D eigenvalue weighted by molar-refractivity contribution is 5.84. The van der Waals surface area contributed by atoms with E-state index in [0.717, 1.165) is 76.0 Å². The number of hydrogen-bond donors (Lipinski definition) is 1. The summed E-state index contributed by atoms with van der Waals surface area (Å²) < 4.78 is 0. The lowest BCUT2D eigenvalue weighted by Crippen LogP contribution is -2.59. The van der Waals surface area contributed by atoms with Gasteiger partial charge in [-0.2, -0.15) is 0 Å². The second-order valence-electron chi connectivity index (χ2n) is 10.8. The Kier molecular flexibility index (Phi) is 5.28. The Labute approximate surface area is 179 Å². The average molecular weight is 417 g/mol. The lowest BCUT2D eigenvalue weighted by atomic mass is 9.49. The second-order valence-corrected chi connectivity index (χ2v) is 10.8. The molecular formula is C23H36N4O3. The zero-order valence-corrected chi connectivity index (χ0v) is 18.1. The van der Waals surface area contributed by atoms with E-state index in [9.17, 15) is 14.4 Å². The first-order valence-electron chi connectivity index (χ1n) is 12.0. The van der Waals surface area contributed by atoms with Crippen molar-refractivity contribution in [2.75, 3.05) is 45.8 Å². The minimum atomic E-state index is -0.302. The van der Waals surface area contributed by atoms with Crippen molar-refractivity contribution in [2.24, 2.45) is 34.8 Å². The van der Waals surface area contributed by atoms with Crippen LogP contribution in [0.1, 0.15) is 51.4 Å². The predicted octanol–water partition coefficient (Wildman–Crippen LogP) is 1.07. The first-order chi connectivity index (χ1) is 14.4. The Hall–Kier alpha value is -1.63. The summed E-state index contributed by atoms with van der Waals surface area (Å²) in [6, 6.07) is 0. The van der Waals surface area contributed by atoms with Crippen molar-refractivity contribution < 1.29 is 14.4 Å². The zero-order chi connectivity index (χ0) is 20.9. The van der Waals surface area contributed by atoms with Gasteiger partial charge in [-0.15, -0.1) is 0 Å². The molecule has 1 atom stereocenters. The van der Waals surface area contributed by atoms with Gasteiger partial charge >= 0.3 is 0 Å². The fraction of sp³-hybridized carbons (Fsp3) is 0.870. The summed E-state index contributed by atoms with van der Waals surface area (Å²) in [4.78, 5) is 43.8. The van der Waals surface area contributed by atoms with E-state index in [2.05, 4.69) is 9.80 Å². The lowest BCUT2D eigenvalue weighted by molar-refractivity contribution is -0.159. The molecule has 4 bridgehead atoms. The molecule has 0 radical (unpaired) electrons. The van der Waals surface area contributed by atoms with Crippen molar-refractivity contribution in [1.82, 2.24) is 14.7 Å².